The van der Waals surface area contributed by atoms with E-state index >= 15 is 0 Å². The molecule has 148 valence electrons. The zero-order chi connectivity index (χ0) is 19.8. The summed E-state index contributed by atoms with van der Waals surface area (Å²) in [5.74, 6) is 1.41. The molecule has 28 heavy (non-hydrogen) atoms. The molecule has 1 aliphatic heterocycles. The number of rotatable bonds is 7. The van der Waals surface area contributed by atoms with E-state index in [2.05, 4.69) is 27.4 Å². The lowest BCUT2D eigenvalue weighted by atomic mass is 9.99. The maximum atomic E-state index is 12.0. The van der Waals surface area contributed by atoms with Gasteiger partial charge in [-0.2, -0.15) is 0 Å². The zero-order valence-corrected chi connectivity index (χ0v) is 16.4. The highest BCUT2D eigenvalue weighted by Gasteiger charge is 2.16. The Kier molecular flexibility index (Phi) is 7.00. The lowest BCUT2D eigenvalue weighted by molar-refractivity contribution is -0.125. The van der Waals surface area contributed by atoms with Crippen molar-refractivity contribution < 1.29 is 9.59 Å². The number of nitrogens with zero attached hydrogens (tertiary/aromatic N) is 2. The minimum atomic E-state index is -0.212. The van der Waals surface area contributed by atoms with Crippen molar-refractivity contribution in [3.63, 3.8) is 0 Å². The van der Waals surface area contributed by atoms with Gasteiger partial charge in [0.05, 0.1) is 13.0 Å². The molecule has 2 heterocycles. The van der Waals surface area contributed by atoms with Crippen LogP contribution in [0.4, 0.5) is 5.82 Å². The van der Waals surface area contributed by atoms with Crippen LogP contribution >= 0.6 is 0 Å². The molecule has 0 aliphatic carbocycles. The van der Waals surface area contributed by atoms with E-state index in [0.717, 1.165) is 36.0 Å². The van der Waals surface area contributed by atoms with Crippen molar-refractivity contribution >= 4 is 17.6 Å². The van der Waals surface area contributed by atoms with Crippen molar-refractivity contribution in [1.82, 2.24) is 15.6 Å². The maximum Gasteiger partial charge on any atom is 0.239 e. The average Bonchev–Trinajstić information content (AvgIpc) is 2.72. The number of benzene rings is 1. The second-order valence-corrected chi connectivity index (χ2v) is 7.41. The van der Waals surface area contributed by atoms with Crippen LogP contribution in [0, 0.1) is 5.92 Å². The highest BCUT2D eigenvalue weighted by molar-refractivity contribution is 5.85. The molecular weight excluding hydrogens is 352 g/mol. The number of hydrogen-bond acceptors (Lipinski definition) is 4. The predicted molar refractivity (Wildman–Crippen MR) is 110 cm³/mol. The molecule has 0 atom stereocenters. The van der Waals surface area contributed by atoms with Crippen LogP contribution < -0.4 is 15.5 Å². The summed E-state index contributed by atoms with van der Waals surface area (Å²) in [5.41, 5.74) is 1.87. The minimum absolute atomic E-state index is 0.0247. The van der Waals surface area contributed by atoms with Crippen molar-refractivity contribution in [2.24, 2.45) is 5.92 Å². The molecule has 0 spiro atoms. The Morgan fingerprint density at radius 1 is 1.00 bits per heavy atom. The number of hydrogen-bond donors (Lipinski definition) is 2. The largest absolute Gasteiger partial charge is 0.357 e. The van der Waals surface area contributed by atoms with Gasteiger partial charge in [-0.25, -0.2) is 4.98 Å². The van der Waals surface area contributed by atoms with Crippen molar-refractivity contribution in [3.05, 3.63) is 59.8 Å². The third-order valence-corrected chi connectivity index (χ3v) is 5.06. The second kappa shape index (κ2) is 9.88. The summed E-state index contributed by atoms with van der Waals surface area (Å²) in [5, 5.41) is 5.47. The third kappa shape index (κ3) is 6.08. The van der Waals surface area contributed by atoms with E-state index in [1.807, 2.05) is 48.7 Å². The number of amides is 2. The molecule has 6 nitrogen and oxygen atoms in total. The summed E-state index contributed by atoms with van der Waals surface area (Å²) in [6, 6.07) is 13.5. The number of aromatic nitrogens is 1. The molecule has 1 aromatic carbocycles. The standard InChI is InChI=1S/C22H28N4O2/c1-17-9-11-26(12-10-17)20-8-7-19(14-23-20)15-24-22(28)16-25-21(27)13-18-5-3-2-4-6-18/h2-8,14,17H,9-13,15-16H2,1H3,(H,24,28)(H,25,27). The van der Waals surface area contributed by atoms with Crippen molar-refractivity contribution in [3.8, 4) is 0 Å². The average molecular weight is 380 g/mol. The molecule has 3 rings (SSSR count). The molecule has 1 fully saturated rings. The van der Waals surface area contributed by atoms with Gasteiger partial charge in [0.15, 0.2) is 0 Å². The van der Waals surface area contributed by atoms with E-state index in [9.17, 15) is 9.59 Å². The number of piperidine rings is 1. The Bertz CT molecular complexity index is 769. The highest BCUT2D eigenvalue weighted by atomic mass is 16.2. The van der Waals surface area contributed by atoms with E-state index in [-0.39, 0.29) is 24.8 Å². The first-order chi connectivity index (χ1) is 13.6. The second-order valence-electron chi connectivity index (χ2n) is 7.41. The van der Waals surface area contributed by atoms with Gasteiger partial charge in [0.1, 0.15) is 5.82 Å². The summed E-state index contributed by atoms with van der Waals surface area (Å²) in [7, 11) is 0. The normalized spacial score (nSPS) is 14.5. The van der Waals surface area contributed by atoms with Crippen LogP contribution in [-0.2, 0) is 22.6 Å². The van der Waals surface area contributed by atoms with E-state index in [0.29, 0.717) is 6.54 Å². The molecule has 0 unspecified atom stereocenters. The summed E-state index contributed by atoms with van der Waals surface area (Å²) >= 11 is 0. The van der Waals surface area contributed by atoms with Gasteiger partial charge in [0.25, 0.3) is 0 Å². The summed E-state index contributed by atoms with van der Waals surface area (Å²) in [6.07, 6.45) is 4.49. The van der Waals surface area contributed by atoms with Crippen LogP contribution in [0.2, 0.25) is 0 Å². The van der Waals surface area contributed by atoms with Gasteiger partial charge in [-0.15, -0.1) is 0 Å². The Hall–Kier alpha value is -2.89. The van der Waals surface area contributed by atoms with Gasteiger partial charge in [0.2, 0.25) is 11.8 Å². The maximum absolute atomic E-state index is 12.0. The fourth-order valence-corrected chi connectivity index (χ4v) is 3.23. The number of carbonyl (C=O) groups is 2. The molecule has 2 amide bonds. The first-order valence-corrected chi connectivity index (χ1v) is 9.87. The fourth-order valence-electron chi connectivity index (χ4n) is 3.23. The number of pyridine rings is 1. The van der Waals surface area contributed by atoms with Crippen LogP contribution in [0.5, 0.6) is 0 Å². The molecule has 6 heteroatoms. The lowest BCUT2D eigenvalue weighted by Crippen LogP contribution is -2.37. The summed E-state index contributed by atoms with van der Waals surface area (Å²) in [6.45, 7) is 4.77. The van der Waals surface area contributed by atoms with Crippen LogP contribution in [-0.4, -0.2) is 36.4 Å². The molecule has 0 saturated carbocycles. The van der Waals surface area contributed by atoms with Gasteiger partial charge in [-0.1, -0.05) is 43.3 Å². The number of nitrogens with one attached hydrogen (secondary N) is 2. The first kappa shape index (κ1) is 19.9. The van der Waals surface area contributed by atoms with Gasteiger partial charge in [0, 0.05) is 25.8 Å². The third-order valence-electron chi connectivity index (χ3n) is 5.06. The van der Waals surface area contributed by atoms with E-state index < -0.39 is 0 Å². The fraction of sp³-hybridized carbons (Fsp3) is 0.409. The molecule has 1 aliphatic rings. The number of anilines is 1. The minimum Gasteiger partial charge on any atom is -0.357 e. The Labute approximate surface area is 166 Å². The SMILES string of the molecule is CC1CCN(c2ccc(CNC(=O)CNC(=O)Cc3ccccc3)cn2)CC1. The van der Waals surface area contributed by atoms with Crippen LogP contribution in [0.3, 0.4) is 0 Å². The Morgan fingerprint density at radius 2 is 1.75 bits per heavy atom. The molecular formula is C22H28N4O2. The van der Waals surface area contributed by atoms with Crippen molar-refractivity contribution in [2.45, 2.75) is 32.7 Å². The summed E-state index contributed by atoms with van der Waals surface area (Å²) in [4.78, 5) is 30.7. The molecule has 0 radical (unpaired) electrons. The van der Waals surface area contributed by atoms with Gasteiger partial charge in [-0.3, -0.25) is 9.59 Å². The van der Waals surface area contributed by atoms with Gasteiger partial charge in [-0.05, 0) is 36.0 Å². The molecule has 1 saturated heterocycles. The molecule has 1 aromatic heterocycles. The van der Waals surface area contributed by atoms with E-state index in [4.69, 9.17) is 0 Å². The first-order valence-electron chi connectivity index (χ1n) is 9.87. The Balaban J connectivity index is 1.37. The summed E-state index contributed by atoms with van der Waals surface area (Å²) < 4.78 is 0. The van der Waals surface area contributed by atoms with E-state index in [1.165, 1.54) is 12.8 Å². The van der Waals surface area contributed by atoms with E-state index in [1.54, 1.807) is 0 Å². The van der Waals surface area contributed by atoms with Gasteiger partial charge < -0.3 is 15.5 Å². The monoisotopic (exact) mass is 380 g/mol. The van der Waals surface area contributed by atoms with Crippen LogP contribution in [0.1, 0.15) is 30.9 Å². The predicted octanol–water partition coefficient (Wildman–Crippen LogP) is 2.29. The molecule has 2 N–H and O–H groups in total. The lowest BCUT2D eigenvalue weighted by Gasteiger charge is -2.31. The van der Waals surface area contributed by atoms with Crippen LogP contribution in [0.15, 0.2) is 48.7 Å². The highest BCUT2D eigenvalue weighted by Crippen LogP contribution is 2.21. The smallest absolute Gasteiger partial charge is 0.239 e. The van der Waals surface area contributed by atoms with Gasteiger partial charge >= 0.3 is 0 Å². The molecule has 2 aromatic rings. The van der Waals surface area contributed by atoms with Crippen molar-refractivity contribution in [2.75, 3.05) is 24.5 Å². The number of carbonyl (C=O) groups excluding carboxylic acids is 2. The molecule has 0 bridgehead atoms. The Morgan fingerprint density at radius 3 is 2.43 bits per heavy atom. The van der Waals surface area contributed by atoms with Crippen molar-refractivity contribution in [1.29, 1.82) is 0 Å². The quantitative estimate of drug-likeness (QED) is 0.773. The van der Waals surface area contributed by atoms with Crippen LogP contribution in [0.25, 0.3) is 0 Å². The zero-order valence-electron chi connectivity index (χ0n) is 16.4. The topological polar surface area (TPSA) is 74.3 Å².